The van der Waals surface area contributed by atoms with E-state index in [2.05, 4.69) is 5.16 Å². The van der Waals surface area contributed by atoms with Crippen molar-refractivity contribution in [1.82, 2.24) is 0 Å². The van der Waals surface area contributed by atoms with Gasteiger partial charge in [0.05, 0.1) is 18.3 Å². The van der Waals surface area contributed by atoms with Crippen LogP contribution in [0.2, 0.25) is 5.02 Å². The maximum atomic E-state index is 13.0. The fourth-order valence-electron chi connectivity index (χ4n) is 1.74. The second kappa shape index (κ2) is 6.95. The number of oxime groups is 1. The van der Waals surface area contributed by atoms with Crippen LogP contribution in [-0.2, 0) is 6.61 Å². The van der Waals surface area contributed by atoms with Gasteiger partial charge in [0.25, 0.3) is 0 Å². The monoisotopic (exact) mass is 309 g/mol. The zero-order valence-electron chi connectivity index (χ0n) is 11.2. The molecule has 0 unspecified atom stereocenters. The third-order valence-electron chi connectivity index (χ3n) is 2.79. The van der Waals surface area contributed by atoms with Gasteiger partial charge < -0.3 is 14.7 Å². The highest BCUT2D eigenvalue weighted by Gasteiger charge is 2.08. The molecule has 1 N–H and O–H groups in total. The highest BCUT2D eigenvalue weighted by Crippen LogP contribution is 2.29. The third kappa shape index (κ3) is 3.86. The molecule has 110 valence electrons. The Hall–Kier alpha value is -2.27. The second-order valence-corrected chi connectivity index (χ2v) is 4.59. The van der Waals surface area contributed by atoms with Gasteiger partial charge in [-0.2, -0.15) is 0 Å². The quantitative estimate of drug-likeness (QED) is 0.518. The SMILES string of the molecule is COc1cc(C=NO)ccc1OCc1ccc(F)cc1Cl. The first-order valence-corrected chi connectivity index (χ1v) is 6.44. The van der Waals surface area contributed by atoms with Gasteiger partial charge in [0, 0.05) is 11.1 Å². The molecule has 0 aromatic heterocycles. The van der Waals surface area contributed by atoms with Gasteiger partial charge in [-0.3, -0.25) is 0 Å². The molecule has 0 saturated carbocycles. The van der Waals surface area contributed by atoms with Crippen molar-refractivity contribution >= 4 is 17.8 Å². The maximum Gasteiger partial charge on any atom is 0.161 e. The molecule has 2 aromatic carbocycles. The van der Waals surface area contributed by atoms with Crippen molar-refractivity contribution in [3.05, 3.63) is 58.4 Å². The van der Waals surface area contributed by atoms with E-state index in [1.807, 2.05) is 0 Å². The van der Waals surface area contributed by atoms with Gasteiger partial charge in [-0.1, -0.05) is 22.8 Å². The molecule has 0 amide bonds. The van der Waals surface area contributed by atoms with Crippen molar-refractivity contribution in [2.45, 2.75) is 6.61 Å². The van der Waals surface area contributed by atoms with E-state index in [-0.39, 0.29) is 6.61 Å². The Morgan fingerprint density at radius 2 is 2.05 bits per heavy atom. The molecule has 6 heteroatoms. The van der Waals surface area contributed by atoms with Crippen molar-refractivity contribution in [1.29, 1.82) is 0 Å². The Morgan fingerprint density at radius 1 is 1.24 bits per heavy atom. The fraction of sp³-hybridized carbons (Fsp3) is 0.133. The first-order valence-electron chi connectivity index (χ1n) is 6.06. The molecule has 0 heterocycles. The number of hydrogen-bond acceptors (Lipinski definition) is 4. The number of nitrogens with zero attached hydrogens (tertiary/aromatic N) is 1. The highest BCUT2D eigenvalue weighted by atomic mass is 35.5. The Balaban J connectivity index is 2.15. The molecule has 0 spiro atoms. The summed E-state index contributed by atoms with van der Waals surface area (Å²) in [5.74, 6) is 0.604. The summed E-state index contributed by atoms with van der Waals surface area (Å²) in [6.45, 7) is 0.183. The third-order valence-corrected chi connectivity index (χ3v) is 3.14. The lowest BCUT2D eigenvalue weighted by molar-refractivity contribution is 0.284. The predicted octanol–water partition coefficient (Wildman–Crippen LogP) is 3.87. The van der Waals surface area contributed by atoms with Crippen LogP contribution in [0.4, 0.5) is 4.39 Å². The number of halogens is 2. The summed E-state index contributed by atoms with van der Waals surface area (Å²) in [6, 6.07) is 9.19. The molecule has 4 nitrogen and oxygen atoms in total. The van der Waals surface area contributed by atoms with Crippen molar-refractivity contribution in [2.75, 3.05) is 7.11 Å². The van der Waals surface area contributed by atoms with Crippen molar-refractivity contribution in [2.24, 2.45) is 5.16 Å². The van der Waals surface area contributed by atoms with E-state index in [9.17, 15) is 4.39 Å². The number of hydrogen-bond donors (Lipinski definition) is 1. The molecule has 2 aromatic rings. The summed E-state index contributed by atoms with van der Waals surface area (Å²) in [4.78, 5) is 0. The van der Waals surface area contributed by atoms with E-state index in [0.717, 1.165) is 0 Å². The van der Waals surface area contributed by atoms with Gasteiger partial charge in [-0.15, -0.1) is 0 Å². The summed E-state index contributed by atoms with van der Waals surface area (Å²) >= 11 is 5.94. The summed E-state index contributed by atoms with van der Waals surface area (Å²) in [5.41, 5.74) is 1.34. The predicted molar refractivity (Wildman–Crippen MR) is 78.1 cm³/mol. The van der Waals surface area contributed by atoms with E-state index in [0.29, 0.717) is 27.6 Å². The molecule has 21 heavy (non-hydrogen) atoms. The smallest absolute Gasteiger partial charge is 0.161 e. The Morgan fingerprint density at radius 3 is 2.71 bits per heavy atom. The molecule has 0 aliphatic heterocycles. The molecule has 0 aliphatic carbocycles. The zero-order chi connectivity index (χ0) is 15.2. The van der Waals surface area contributed by atoms with Crippen LogP contribution in [-0.4, -0.2) is 18.5 Å². The number of methoxy groups -OCH3 is 1. The summed E-state index contributed by atoms with van der Waals surface area (Å²) < 4.78 is 23.8. The van der Waals surface area contributed by atoms with E-state index in [1.165, 1.54) is 25.5 Å². The van der Waals surface area contributed by atoms with Crippen LogP contribution in [0.3, 0.4) is 0 Å². The molecule has 0 bridgehead atoms. The van der Waals surface area contributed by atoms with Gasteiger partial charge in [-0.05, 0) is 30.3 Å². The van der Waals surface area contributed by atoms with Crippen LogP contribution in [0.1, 0.15) is 11.1 Å². The van der Waals surface area contributed by atoms with E-state index in [1.54, 1.807) is 24.3 Å². The zero-order valence-corrected chi connectivity index (χ0v) is 12.0. The van der Waals surface area contributed by atoms with E-state index < -0.39 is 5.82 Å². The molecule has 0 aliphatic rings. The topological polar surface area (TPSA) is 51.0 Å². The standard InChI is InChI=1S/C15H13ClFNO3/c1-20-15-6-10(8-18-19)2-5-14(15)21-9-11-3-4-12(17)7-13(11)16/h2-8,19H,9H2,1H3. The highest BCUT2D eigenvalue weighted by molar-refractivity contribution is 6.31. The van der Waals surface area contributed by atoms with Crippen molar-refractivity contribution in [3.8, 4) is 11.5 Å². The first-order chi connectivity index (χ1) is 10.1. The van der Waals surface area contributed by atoms with Crippen molar-refractivity contribution in [3.63, 3.8) is 0 Å². The number of ether oxygens (including phenoxy) is 2. The molecule has 0 atom stereocenters. The van der Waals surface area contributed by atoms with E-state index >= 15 is 0 Å². The maximum absolute atomic E-state index is 13.0. The van der Waals surface area contributed by atoms with Gasteiger partial charge in [0.1, 0.15) is 12.4 Å². The normalized spacial score (nSPS) is 10.8. The Labute approximate surface area is 126 Å². The van der Waals surface area contributed by atoms with Crippen LogP contribution >= 0.6 is 11.6 Å². The first kappa shape index (κ1) is 15.1. The molecular weight excluding hydrogens is 297 g/mol. The van der Waals surface area contributed by atoms with Gasteiger partial charge in [-0.25, -0.2) is 4.39 Å². The average Bonchev–Trinajstić information content (AvgIpc) is 2.47. The lowest BCUT2D eigenvalue weighted by Crippen LogP contribution is -1.99. The van der Waals surface area contributed by atoms with Crippen LogP contribution in [0.5, 0.6) is 11.5 Å². The number of benzene rings is 2. The second-order valence-electron chi connectivity index (χ2n) is 4.18. The lowest BCUT2D eigenvalue weighted by atomic mass is 10.2. The van der Waals surface area contributed by atoms with Gasteiger partial charge in [0.2, 0.25) is 0 Å². The molecular formula is C15H13ClFNO3. The minimum atomic E-state index is -0.394. The molecule has 0 saturated heterocycles. The molecule has 2 rings (SSSR count). The summed E-state index contributed by atoms with van der Waals surface area (Å²) in [7, 11) is 1.51. The molecule has 0 fully saturated rings. The van der Waals surface area contributed by atoms with Crippen LogP contribution in [0.25, 0.3) is 0 Å². The van der Waals surface area contributed by atoms with Gasteiger partial charge >= 0.3 is 0 Å². The summed E-state index contributed by atoms with van der Waals surface area (Å²) in [5, 5.41) is 11.8. The van der Waals surface area contributed by atoms with Crippen LogP contribution in [0, 0.1) is 5.82 Å². The van der Waals surface area contributed by atoms with Crippen LogP contribution < -0.4 is 9.47 Å². The fourth-order valence-corrected chi connectivity index (χ4v) is 1.97. The Bertz CT molecular complexity index is 661. The number of rotatable bonds is 5. The minimum Gasteiger partial charge on any atom is -0.493 e. The van der Waals surface area contributed by atoms with E-state index in [4.69, 9.17) is 26.3 Å². The minimum absolute atomic E-state index is 0.183. The Kier molecular flexibility index (Phi) is 5.00. The molecule has 0 radical (unpaired) electrons. The van der Waals surface area contributed by atoms with Crippen molar-refractivity contribution < 1.29 is 19.1 Å². The largest absolute Gasteiger partial charge is 0.493 e. The summed E-state index contributed by atoms with van der Waals surface area (Å²) in [6.07, 6.45) is 1.28. The average molecular weight is 310 g/mol. The van der Waals surface area contributed by atoms with Gasteiger partial charge in [0.15, 0.2) is 11.5 Å². The lowest BCUT2D eigenvalue weighted by Gasteiger charge is -2.12. The van der Waals surface area contributed by atoms with Crippen LogP contribution in [0.15, 0.2) is 41.6 Å².